The zero-order valence-corrected chi connectivity index (χ0v) is 9.34. The third kappa shape index (κ3) is 9.85. The maximum absolute atomic E-state index is 10.6. The Bertz CT molecular complexity index is 176. The SMILES string of the molecule is COC(=O)CSSCCOC(=O)Cl. The molecular weight excluding hydrogens is 236 g/mol. The smallest absolute Gasteiger partial charge is 0.403 e. The molecule has 0 aromatic heterocycles. The lowest BCUT2D eigenvalue weighted by atomic mass is 10.8. The minimum Gasteiger partial charge on any atom is -0.468 e. The highest BCUT2D eigenvalue weighted by Crippen LogP contribution is 2.20. The normalized spacial score (nSPS) is 9.38. The number of ether oxygens (including phenoxy) is 2. The second kappa shape index (κ2) is 8.52. The zero-order valence-electron chi connectivity index (χ0n) is 6.95. The van der Waals surface area contributed by atoms with Crippen LogP contribution in [0.5, 0.6) is 0 Å². The van der Waals surface area contributed by atoms with E-state index in [-0.39, 0.29) is 18.3 Å². The molecule has 0 bridgehead atoms. The number of halogens is 1. The molecule has 0 aliphatic carbocycles. The summed E-state index contributed by atoms with van der Waals surface area (Å²) >= 11 is 4.91. The van der Waals surface area contributed by atoms with Gasteiger partial charge in [0, 0.05) is 17.4 Å². The van der Waals surface area contributed by atoms with Gasteiger partial charge < -0.3 is 9.47 Å². The van der Waals surface area contributed by atoms with Crippen LogP contribution in [-0.2, 0) is 14.3 Å². The van der Waals surface area contributed by atoms with Gasteiger partial charge in [-0.05, 0) is 0 Å². The van der Waals surface area contributed by atoms with E-state index in [1.807, 2.05) is 0 Å². The van der Waals surface area contributed by atoms with Crippen molar-refractivity contribution in [2.75, 3.05) is 25.2 Å². The molecule has 0 aromatic carbocycles. The number of carbonyl (C=O) groups is 2. The van der Waals surface area contributed by atoms with Crippen LogP contribution in [0.4, 0.5) is 4.79 Å². The van der Waals surface area contributed by atoms with Crippen molar-refractivity contribution in [3.05, 3.63) is 0 Å². The fourth-order valence-corrected chi connectivity index (χ4v) is 2.10. The van der Waals surface area contributed by atoms with Gasteiger partial charge in [0.05, 0.1) is 7.11 Å². The van der Waals surface area contributed by atoms with Crippen molar-refractivity contribution >= 4 is 44.6 Å². The minimum absolute atomic E-state index is 0.251. The first-order chi connectivity index (χ1) is 6.16. The van der Waals surface area contributed by atoms with Crippen molar-refractivity contribution in [3.63, 3.8) is 0 Å². The summed E-state index contributed by atoms with van der Waals surface area (Å²) in [5, 5.41) is 0. The molecule has 0 atom stereocenters. The van der Waals surface area contributed by atoms with Crippen LogP contribution in [0.15, 0.2) is 0 Å². The summed E-state index contributed by atoms with van der Waals surface area (Å²) in [6, 6.07) is 0. The molecule has 0 spiro atoms. The van der Waals surface area contributed by atoms with Crippen LogP contribution in [-0.4, -0.2) is 36.6 Å². The summed E-state index contributed by atoms with van der Waals surface area (Å²) in [5.41, 5.74) is -0.807. The van der Waals surface area contributed by atoms with Crippen LogP contribution in [0.2, 0.25) is 0 Å². The third-order valence-corrected chi connectivity index (χ3v) is 3.19. The molecule has 13 heavy (non-hydrogen) atoms. The molecule has 0 rings (SSSR count). The number of esters is 1. The molecule has 0 aromatic rings. The molecular formula is C6H9ClO4S2. The topological polar surface area (TPSA) is 52.6 Å². The Morgan fingerprint density at radius 1 is 1.38 bits per heavy atom. The van der Waals surface area contributed by atoms with Crippen LogP contribution in [0.25, 0.3) is 0 Å². The predicted molar refractivity (Wildman–Crippen MR) is 54.1 cm³/mol. The lowest BCUT2D eigenvalue weighted by Crippen LogP contribution is -2.02. The third-order valence-electron chi connectivity index (χ3n) is 0.870. The second-order valence-corrected chi connectivity index (χ2v) is 4.64. The number of carbonyl (C=O) groups excluding carboxylic acids is 2. The van der Waals surface area contributed by atoms with E-state index in [4.69, 9.17) is 11.6 Å². The van der Waals surface area contributed by atoms with E-state index < -0.39 is 5.43 Å². The molecule has 0 saturated heterocycles. The summed E-state index contributed by atoms with van der Waals surface area (Å²) < 4.78 is 8.87. The molecule has 7 heteroatoms. The Hall–Kier alpha value is -0.0700. The van der Waals surface area contributed by atoms with Crippen LogP contribution < -0.4 is 0 Å². The maximum atomic E-state index is 10.6. The Balaban J connectivity index is 3.08. The quantitative estimate of drug-likeness (QED) is 0.308. The van der Waals surface area contributed by atoms with Crippen LogP contribution >= 0.6 is 33.2 Å². The van der Waals surface area contributed by atoms with Gasteiger partial charge >= 0.3 is 11.4 Å². The highest BCUT2D eigenvalue weighted by molar-refractivity contribution is 8.76. The van der Waals surface area contributed by atoms with E-state index in [2.05, 4.69) is 9.47 Å². The molecule has 0 aliphatic rings. The van der Waals surface area contributed by atoms with Crippen LogP contribution in [0.1, 0.15) is 0 Å². The summed E-state index contributed by atoms with van der Waals surface area (Å²) in [6.45, 7) is 0.251. The molecule has 0 aliphatic heterocycles. The van der Waals surface area contributed by atoms with E-state index in [0.717, 1.165) is 0 Å². The largest absolute Gasteiger partial charge is 0.468 e. The standard InChI is InChI=1S/C6H9ClO4S2/c1-10-5(8)4-13-12-3-2-11-6(7)9/h2-4H2,1H3. The molecule has 0 unspecified atom stereocenters. The molecule has 0 radical (unpaired) electrons. The second-order valence-electron chi connectivity index (χ2n) is 1.75. The van der Waals surface area contributed by atoms with Crippen molar-refractivity contribution in [1.29, 1.82) is 0 Å². The van der Waals surface area contributed by atoms with Gasteiger partial charge in [-0.3, -0.25) is 4.79 Å². The molecule has 4 nitrogen and oxygen atoms in total. The molecule has 0 amide bonds. The van der Waals surface area contributed by atoms with Gasteiger partial charge in [-0.1, -0.05) is 21.6 Å². The lowest BCUT2D eigenvalue weighted by Gasteiger charge is -1.99. The van der Waals surface area contributed by atoms with Crippen molar-refractivity contribution in [2.45, 2.75) is 0 Å². The van der Waals surface area contributed by atoms with Crippen molar-refractivity contribution in [1.82, 2.24) is 0 Å². The van der Waals surface area contributed by atoms with Gasteiger partial charge in [0.1, 0.15) is 12.4 Å². The first-order valence-corrected chi connectivity index (χ1v) is 6.17. The Labute approximate surface area is 89.1 Å². The lowest BCUT2D eigenvalue weighted by molar-refractivity contribution is -0.137. The Morgan fingerprint density at radius 2 is 2.08 bits per heavy atom. The Morgan fingerprint density at radius 3 is 2.62 bits per heavy atom. The average Bonchev–Trinajstić information content (AvgIpc) is 2.10. The summed E-state index contributed by atoms with van der Waals surface area (Å²) in [5.74, 6) is 0.614. The first kappa shape index (κ1) is 12.9. The molecule has 0 heterocycles. The summed E-state index contributed by atoms with van der Waals surface area (Å²) in [4.78, 5) is 20.7. The molecule has 0 N–H and O–H groups in total. The van der Waals surface area contributed by atoms with Gasteiger partial charge in [0.25, 0.3) is 0 Å². The highest BCUT2D eigenvalue weighted by atomic mass is 35.5. The summed E-state index contributed by atoms with van der Waals surface area (Å²) in [6.07, 6.45) is 0. The van der Waals surface area contributed by atoms with E-state index in [1.165, 1.54) is 28.7 Å². The maximum Gasteiger partial charge on any atom is 0.403 e. The zero-order chi connectivity index (χ0) is 10.1. The van der Waals surface area contributed by atoms with E-state index in [9.17, 15) is 9.59 Å². The number of rotatable bonds is 6. The van der Waals surface area contributed by atoms with E-state index in [0.29, 0.717) is 5.75 Å². The predicted octanol–water partition coefficient (Wildman–Crippen LogP) is 1.92. The van der Waals surface area contributed by atoms with Crippen molar-refractivity contribution in [2.24, 2.45) is 0 Å². The van der Waals surface area contributed by atoms with Gasteiger partial charge in [0.2, 0.25) is 0 Å². The monoisotopic (exact) mass is 244 g/mol. The van der Waals surface area contributed by atoms with Gasteiger partial charge in [-0.25, -0.2) is 4.79 Å². The fourth-order valence-electron chi connectivity index (χ4n) is 0.364. The number of methoxy groups -OCH3 is 1. The van der Waals surface area contributed by atoms with E-state index in [1.54, 1.807) is 0 Å². The average molecular weight is 245 g/mol. The van der Waals surface area contributed by atoms with Gasteiger partial charge in [0.15, 0.2) is 0 Å². The van der Waals surface area contributed by atoms with Crippen LogP contribution in [0.3, 0.4) is 0 Å². The number of hydrogen-bond acceptors (Lipinski definition) is 6. The Kier molecular flexibility index (Phi) is 8.48. The van der Waals surface area contributed by atoms with Crippen LogP contribution in [0, 0.1) is 0 Å². The number of hydrogen-bond donors (Lipinski definition) is 0. The van der Waals surface area contributed by atoms with Crippen molar-refractivity contribution in [3.8, 4) is 0 Å². The van der Waals surface area contributed by atoms with Crippen molar-refractivity contribution < 1.29 is 19.1 Å². The van der Waals surface area contributed by atoms with Gasteiger partial charge in [-0.15, -0.1) is 0 Å². The minimum atomic E-state index is -0.807. The molecule has 76 valence electrons. The summed E-state index contributed by atoms with van der Waals surface area (Å²) in [7, 11) is 4.10. The molecule has 0 fully saturated rings. The van der Waals surface area contributed by atoms with E-state index >= 15 is 0 Å². The first-order valence-electron chi connectivity index (χ1n) is 3.30. The molecule has 0 saturated carbocycles. The highest BCUT2D eigenvalue weighted by Gasteiger charge is 2.00. The van der Waals surface area contributed by atoms with Gasteiger partial charge in [-0.2, -0.15) is 0 Å². The fraction of sp³-hybridized carbons (Fsp3) is 0.667.